The highest BCUT2D eigenvalue weighted by Crippen LogP contribution is 2.04. The molecule has 5 heteroatoms. The molecule has 0 spiro atoms. The van der Waals surface area contributed by atoms with E-state index in [1.807, 2.05) is 0 Å². The molecule has 15 heavy (non-hydrogen) atoms. The van der Waals surface area contributed by atoms with Crippen molar-refractivity contribution in [3.63, 3.8) is 0 Å². The van der Waals surface area contributed by atoms with Gasteiger partial charge in [-0.05, 0) is 45.3 Å². The van der Waals surface area contributed by atoms with E-state index in [-0.39, 0.29) is 0 Å². The lowest BCUT2D eigenvalue weighted by atomic mass is 10.1. The molecular weight excluding hydrogens is 212 g/mol. The van der Waals surface area contributed by atoms with E-state index in [2.05, 4.69) is 10.6 Å². The normalized spacial score (nSPS) is 23.7. The van der Waals surface area contributed by atoms with Gasteiger partial charge in [0.05, 0.1) is 5.75 Å². The molecule has 90 valence electrons. The van der Waals surface area contributed by atoms with Gasteiger partial charge in [0.25, 0.3) is 0 Å². The molecule has 0 bridgehead atoms. The fourth-order valence-electron chi connectivity index (χ4n) is 1.86. The lowest BCUT2D eigenvalue weighted by Gasteiger charge is -2.15. The van der Waals surface area contributed by atoms with Gasteiger partial charge in [-0.25, -0.2) is 8.42 Å². The molecule has 1 unspecified atom stereocenters. The summed E-state index contributed by atoms with van der Waals surface area (Å²) in [5, 5.41) is 6.79. The van der Waals surface area contributed by atoms with Crippen LogP contribution in [0.15, 0.2) is 0 Å². The van der Waals surface area contributed by atoms with Gasteiger partial charge in [0.15, 0.2) is 0 Å². The van der Waals surface area contributed by atoms with Crippen LogP contribution in [-0.2, 0) is 9.84 Å². The standard InChI is InChI=1S/C10H22N2O2S/c1-15(13,14)9-3-7-12-10-4-2-6-11-8-5-10/h10-12H,2-9H2,1H3. The molecule has 1 fully saturated rings. The molecular formula is C10H22N2O2S. The Morgan fingerprint density at radius 3 is 2.87 bits per heavy atom. The molecule has 0 radical (unpaired) electrons. The summed E-state index contributed by atoms with van der Waals surface area (Å²) in [6.45, 7) is 3.00. The van der Waals surface area contributed by atoms with E-state index < -0.39 is 9.84 Å². The summed E-state index contributed by atoms with van der Waals surface area (Å²) in [6, 6.07) is 0.569. The Labute approximate surface area is 92.7 Å². The Hall–Kier alpha value is -0.130. The van der Waals surface area contributed by atoms with Crippen LogP contribution in [0.5, 0.6) is 0 Å². The Balaban J connectivity index is 2.08. The Morgan fingerprint density at radius 1 is 1.33 bits per heavy atom. The van der Waals surface area contributed by atoms with Crippen LogP contribution in [0.4, 0.5) is 0 Å². The van der Waals surface area contributed by atoms with Crippen molar-refractivity contribution in [2.45, 2.75) is 31.7 Å². The zero-order valence-corrected chi connectivity index (χ0v) is 10.3. The first-order valence-corrected chi connectivity index (χ1v) is 7.76. The second-order valence-electron chi connectivity index (χ2n) is 4.32. The monoisotopic (exact) mass is 234 g/mol. The Kier molecular flexibility index (Phi) is 5.56. The van der Waals surface area contributed by atoms with Crippen molar-refractivity contribution in [3.8, 4) is 0 Å². The van der Waals surface area contributed by atoms with Crippen LogP contribution in [0.3, 0.4) is 0 Å². The summed E-state index contributed by atoms with van der Waals surface area (Å²) in [5.41, 5.74) is 0. The van der Waals surface area contributed by atoms with Gasteiger partial charge < -0.3 is 10.6 Å². The van der Waals surface area contributed by atoms with Crippen LogP contribution in [0.1, 0.15) is 25.7 Å². The topological polar surface area (TPSA) is 58.2 Å². The predicted molar refractivity (Wildman–Crippen MR) is 62.8 cm³/mol. The highest BCUT2D eigenvalue weighted by molar-refractivity contribution is 7.90. The number of sulfone groups is 1. The van der Waals surface area contributed by atoms with Gasteiger partial charge >= 0.3 is 0 Å². The number of hydrogen-bond acceptors (Lipinski definition) is 4. The molecule has 0 aromatic rings. The second kappa shape index (κ2) is 6.45. The highest BCUT2D eigenvalue weighted by Gasteiger charge is 2.10. The van der Waals surface area contributed by atoms with Crippen molar-refractivity contribution in [1.82, 2.24) is 10.6 Å². The second-order valence-corrected chi connectivity index (χ2v) is 6.58. The zero-order chi connectivity index (χ0) is 11.1. The summed E-state index contributed by atoms with van der Waals surface area (Å²) in [6.07, 6.45) is 5.58. The fourth-order valence-corrected chi connectivity index (χ4v) is 2.53. The third-order valence-corrected chi connectivity index (χ3v) is 3.73. The van der Waals surface area contributed by atoms with Crippen molar-refractivity contribution in [2.75, 3.05) is 31.6 Å². The first-order valence-electron chi connectivity index (χ1n) is 5.70. The smallest absolute Gasteiger partial charge is 0.147 e. The minimum atomic E-state index is -2.79. The van der Waals surface area contributed by atoms with Gasteiger partial charge in [0, 0.05) is 12.3 Å². The largest absolute Gasteiger partial charge is 0.317 e. The summed E-state index contributed by atoms with van der Waals surface area (Å²) in [4.78, 5) is 0. The minimum Gasteiger partial charge on any atom is -0.317 e. The maximum absolute atomic E-state index is 10.9. The lowest BCUT2D eigenvalue weighted by Crippen LogP contribution is -2.31. The minimum absolute atomic E-state index is 0.297. The summed E-state index contributed by atoms with van der Waals surface area (Å²) in [7, 11) is -2.79. The molecule has 0 aromatic heterocycles. The lowest BCUT2D eigenvalue weighted by molar-refractivity contribution is 0.469. The highest BCUT2D eigenvalue weighted by atomic mass is 32.2. The molecule has 2 N–H and O–H groups in total. The van der Waals surface area contributed by atoms with E-state index in [0.717, 1.165) is 32.5 Å². The average Bonchev–Trinajstić information content (AvgIpc) is 2.39. The van der Waals surface area contributed by atoms with Crippen molar-refractivity contribution in [3.05, 3.63) is 0 Å². The van der Waals surface area contributed by atoms with E-state index in [9.17, 15) is 8.42 Å². The van der Waals surface area contributed by atoms with Crippen LogP contribution >= 0.6 is 0 Å². The molecule has 0 saturated carbocycles. The van der Waals surface area contributed by atoms with Gasteiger partial charge in [0.2, 0.25) is 0 Å². The van der Waals surface area contributed by atoms with Crippen LogP contribution in [0.2, 0.25) is 0 Å². The first-order chi connectivity index (χ1) is 7.08. The van der Waals surface area contributed by atoms with E-state index in [0.29, 0.717) is 11.8 Å². The van der Waals surface area contributed by atoms with Gasteiger partial charge in [0.1, 0.15) is 9.84 Å². The molecule has 1 rings (SSSR count). The fraction of sp³-hybridized carbons (Fsp3) is 1.00. The third-order valence-electron chi connectivity index (χ3n) is 2.70. The van der Waals surface area contributed by atoms with Gasteiger partial charge in [-0.3, -0.25) is 0 Å². The summed E-state index contributed by atoms with van der Waals surface area (Å²) >= 11 is 0. The van der Waals surface area contributed by atoms with Crippen LogP contribution in [0.25, 0.3) is 0 Å². The van der Waals surface area contributed by atoms with Gasteiger partial charge in [-0.2, -0.15) is 0 Å². The average molecular weight is 234 g/mol. The maximum Gasteiger partial charge on any atom is 0.147 e. The van der Waals surface area contributed by atoms with Crippen molar-refractivity contribution in [2.24, 2.45) is 0 Å². The van der Waals surface area contributed by atoms with E-state index in [1.54, 1.807) is 0 Å². The van der Waals surface area contributed by atoms with Crippen molar-refractivity contribution < 1.29 is 8.42 Å². The van der Waals surface area contributed by atoms with Crippen LogP contribution < -0.4 is 10.6 Å². The van der Waals surface area contributed by atoms with E-state index in [4.69, 9.17) is 0 Å². The van der Waals surface area contributed by atoms with Crippen LogP contribution in [0, 0.1) is 0 Å². The molecule has 1 aliphatic heterocycles. The Bertz CT molecular complexity index is 257. The van der Waals surface area contributed by atoms with Crippen LogP contribution in [-0.4, -0.2) is 46.1 Å². The third kappa shape index (κ3) is 6.87. The van der Waals surface area contributed by atoms with E-state index in [1.165, 1.54) is 19.1 Å². The van der Waals surface area contributed by atoms with E-state index >= 15 is 0 Å². The van der Waals surface area contributed by atoms with Gasteiger partial charge in [-0.15, -0.1) is 0 Å². The molecule has 1 saturated heterocycles. The number of rotatable bonds is 5. The first kappa shape index (κ1) is 12.9. The van der Waals surface area contributed by atoms with Gasteiger partial charge in [-0.1, -0.05) is 0 Å². The molecule has 1 atom stereocenters. The quantitative estimate of drug-likeness (QED) is 0.665. The Morgan fingerprint density at radius 2 is 2.13 bits per heavy atom. The molecule has 4 nitrogen and oxygen atoms in total. The van der Waals surface area contributed by atoms with Crippen molar-refractivity contribution >= 4 is 9.84 Å². The predicted octanol–water partition coefficient (Wildman–Crippen LogP) is 0.153. The van der Waals surface area contributed by atoms with Crippen molar-refractivity contribution in [1.29, 1.82) is 0 Å². The summed E-state index contributed by atoms with van der Waals surface area (Å²) < 4.78 is 21.8. The molecule has 1 aliphatic rings. The molecule has 0 aromatic carbocycles. The maximum atomic E-state index is 10.9. The molecule has 0 amide bonds. The number of nitrogens with one attached hydrogen (secondary N) is 2. The molecule has 0 aliphatic carbocycles. The number of hydrogen-bond donors (Lipinski definition) is 2. The zero-order valence-electron chi connectivity index (χ0n) is 9.46. The summed E-state index contributed by atoms with van der Waals surface area (Å²) in [5.74, 6) is 0.297. The molecule has 1 heterocycles. The SMILES string of the molecule is CS(=O)(=O)CCCNC1CCCNCC1.